The smallest absolute Gasteiger partial charge is 0.414 e. The van der Waals surface area contributed by atoms with Gasteiger partial charge in [0, 0.05) is 19.5 Å². The SMILES string of the molecule is Cc1cc2c(cc1Cc1ccc(C(=O)NCC3CCC(CN=C(NC(=O)OC(C)(C)C)NC(=O)OC(C)(C)C)CC3)o1)CCCC2(C)C. The molecule has 10 nitrogen and oxygen atoms in total. The van der Waals surface area contributed by atoms with E-state index < -0.39 is 23.4 Å². The summed E-state index contributed by atoms with van der Waals surface area (Å²) >= 11 is 0. The molecule has 264 valence electrons. The summed E-state index contributed by atoms with van der Waals surface area (Å²) in [4.78, 5) is 42.2. The molecule has 0 unspecified atom stereocenters. The van der Waals surface area contributed by atoms with Gasteiger partial charge < -0.3 is 19.2 Å². The fourth-order valence-corrected chi connectivity index (χ4v) is 6.54. The minimum Gasteiger partial charge on any atom is -0.456 e. The molecule has 1 aromatic heterocycles. The Morgan fingerprint density at radius 2 is 1.52 bits per heavy atom. The van der Waals surface area contributed by atoms with Crippen LogP contribution in [0.2, 0.25) is 0 Å². The molecular weight excluding hydrogens is 608 g/mol. The normalized spacial score (nSPS) is 19.0. The number of guanidine groups is 1. The Labute approximate surface area is 286 Å². The van der Waals surface area contributed by atoms with Crippen LogP contribution in [0, 0.1) is 18.8 Å². The van der Waals surface area contributed by atoms with Gasteiger partial charge in [-0.25, -0.2) is 9.59 Å². The maximum atomic E-state index is 13.0. The summed E-state index contributed by atoms with van der Waals surface area (Å²) in [6.07, 6.45) is 6.50. The van der Waals surface area contributed by atoms with Gasteiger partial charge >= 0.3 is 12.2 Å². The number of fused-ring (bicyclic) bond motifs is 1. The van der Waals surface area contributed by atoms with Crippen molar-refractivity contribution in [1.29, 1.82) is 0 Å². The lowest BCUT2D eigenvalue weighted by Gasteiger charge is -2.33. The first kappa shape index (κ1) is 37.0. The second-order valence-electron chi connectivity index (χ2n) is 16.2. The highest BCUT2D eigenvalue weighted by Crippen LogP contribution is 2.38. The number of nitrogens with zero attached hydrogens (tertiary/aromatic N) is 1. The number of furan rings is 1. The molecule has 0 atom stereocenters. The summed E-state index contributed by atoms with van der Waals surface area (Å²) in [5.74, 6) is 1.57. The van der Waals surface area contributed by atoms with Crippen LogP contribution in [-0.2, 0) is 27.7 Å². The molecule has 48 heavy (non-hydrogen) atoms. The molecule has 0 radical (unpaired) electrons. The first-order valence-electron chi connectivity index (χ1n) is 17.4. The minimum atomic E-state index is -0.710. The molecule has 0 spiro atoms. The Hall–Kier alpha value is -3.82. The van der Waals surface area contributed by atoms with Gasteiger partial charge in [0.1, 0.15) is 17.0 Å². The molecule has 1 heterocycles. The molecule has 2 aliphatic carbocycles. The zero-order valence-corrected chi connectivity index (χ0v) is 30.4. The van der Waals surface area contributed by atoms with Crippen LogP contribution in [0.25, 0.3) is 0 Å². The van der Waals surface area contributed by atoms with Crippen molar-refractivity contribution < 1.29 is 28.3 Å². The largest absolute Gasteiger partial charge is 0.456 e. The number of aryl methyl sites for hydroxylation is 2. The van der Waals surface area contributed by atoms with E-state index >= 15 is 0 Å². The molecular formula is C38H56N4O6. The summed E-state index contributed by atoms with van der Waals surface area (Å²) in [7, 11) is 0. The molecule has 1 saturated carbocycles. The van der Waals surface area contributed by atoms with Crippen LogP contribution in [0.1, 0.15) is 132 Å². The molecule has 2 aliphatic rings. The number of ether oxygens (including phenoxy) is 2. The number of amides is 3. The molecule has 3 amide bonds. The zero-order chi connectivity index (χ0) is 35.3. The summed E-state index contributed by atoms with van der Waals surface area (Å²) in [6, 6.07) is 8.37. The lowest BCUT2D eigenvalue weighted by atomic mass is 9.71. The van der Waals surface area contributed by atoms with E-state index in [1.807, 2.05) is 6.07 Å². The Morgan fingerprint density at radius 1 is 0.917 bits per heavy atom. The van der Waals surface area contributed by atoms with Crippen LogP contribution < -0.4 is 16.0 Å². The van der Waals surface area contributed by atoms with Gasteiger partial charge in [0.15, 0.2) is 5.76 Å². The minimum absolute atomic E-state index is 0.00330. The van der Waals surface area contributed by atoms with Gasteiger partial charge in [0.2, 0.25) is 5.96 Å². The molecule has 1 fully saturated rings. The third-order valence-electron chi connectivity index (χ3n) is 9.05. The predicted octanol–water partition coefficient (Wildman–Crippen LogP) is 7.73. The average molecular weight is 665 g/mol. The van der Waals surface area contributed by atoms with E-state index in [0.717, 1.165) is 37.9 Å². The number of hydrogen-bond acceptors (Lipinski definition) is 7. The van der Waals surface area contributed by atoms with Crippen molar-refractivity contribution >= 4 is 24.1 Å². The van der Waals surface area contributed by atoms with Crippen LogP contribution in [0.5, 0.6) is 0 Å². The Morgan fingerprint density at radius 3 is 2.12 bits per heavy atom. The molecule has 3 N–H and O–H groups in total. The van der Waals surface area contributed by atoms with Gasteiger partial charge in [-0.3, -0.25) is 20.4 Å². The highest BCUT2D eigenvalue weighted by atomic mass is 16.6. The van der Waals surface area contributed by atoms with Crippen LogP contribution in [0.3, 0.4) is 0 Å². The summed E-state index contributed by atoms with van der Waals surface area (Å²) < 4.78 is 16.7. The van der Waals surface area contributed by atoms with Gasteiger partial charge in [-0.15, -0.1) is 0 Å². The van der Waals surface area contributed by atoms with Crippen LogP contribution in [-0.4, -0.2) is 48.3 Å². The zero-order valence-electron chi connectivity index (χ0n) is 30.4. The fraction of sp³-hybridized carbons (Fsp3) is 0.632. The third-order valence-corrected chi connectivity index (χ3v) is 9.05. The molecule has 0 saturated heterocycles. The van der Waals surface area contributed by atoms with E-state index in [4.69, 9.17) is 13.9 Å². The van der Waals surface area contributed by atoms with Gasteiger partial charge in [-0.2, -0.15) is 0 Å². The number of carbonyl (C=O) groups is 3. The molecule has 0 bridgehead atoms. The Bertz CT molecular complexity index is 1450. The number of alkyl carbamates (subject to hydrolysis) is 2. The number of hydrogen-bond donors (Lipinski definition) is 3. The molecule has 0 aliphatic heterocycles. The van der Waals surface area contributed by atoms with E-state index in [0.29, 0.717) is 31.2 Å². The van der Waals surface area contributed by atoms with Crippen molar-refractivity contribution in [1.82, 2.24) is 16.0 Å². The monoisotopic (exact) mass is 664 g/mol. The van der Waals surface area contributed by atoms with Crippen molar-refractivity contribution in [3.05, 3.63) is 58.0 Å². The second kappa shape index (κ2) is 15.2. The molecule has 10 heteroatoms. The van der Waals surface area contributed by atoms with Gasteiger partial charge in [0.05, 0.1) is 0 Å². The maximum Gasteiger partial charge on any atom is 0.414 e. The van der Waals surface area contributed by atoms with Crippen molar-refractivity contribution in [2.75, 3.05) is 13.1 Å². The van der Waals surface area contributed by atoms with E-state index in [9.17, 15) is 14.4 Å². The molecule has 4 rings (SSSR count). The topological polar surface area (TPSA) is 131 Å². The number of carbonyl (C=O) groups excluding carboxylic acids is 3. The van der Waals surface area contributed by atoms with Crippen molar-refractivity contribution in [3.63, 3.8) is 0 Å². The van der Waals surface area contributed by atoms with Crippen LogP contribution in [0.4, 0.5) is 9.59 Å². The van der Waals surface area contributed by atoms with Crippen molar-refractivity contribution in [3.8, 4) is 0 Å². The number of rotatable bonds is 7. The van der Waals surface area contributed by atoms with Gasteiger partial charge in [0.25, 0.3) is 5.91 Å². The first-order valence-corrected chi connectivity index (χ1v) is 17.4. The number of aliphatic imine (C=N–C) groups is 1. The fourth-order valence-electron chi connectivity index (χ4n) is 6.54. The third kappa shape index (κ3) is 11.1. The lowest BCUT2D eigenvalue weighted by molar-refractivity contribution is 0.0544. The highest BCUT2D eigenvalue weighted by molar-refractivity contribution is 6.01. The maximum absolute atomic E-state index is 13.0. The lowest BCUT2D eigenvalue weighted by Crippen LogP contribution is -2.47. The van der Waals surface area contributed by atoms with E-state index in [2.05, 4.69) is 53.8 Å². The van der Waals surface area contributed by atoms with Crippen LogP contribution >= 0.6 is 0 Å². The first-order chi connectivity index (χ1) is 22.4. The summed E-state index contributed by atoms with van der Waals surface area (Å²) in [6.45, 7) is 18.4. The van der Waals surface area contributed by atoms with E-state index in [-0.39, 0.29) is 23.2 Å². The summed E-state index contributed by atoms with van der Waals surface area (Å²) in [5, 5.41) is 8.15. The number of benzene rings is 1. The standard InChI is InChI=1S/C38H56N4O6/c1-24-19-30-27(11-10-18-38(30,8)9)20-28(24)21-29-16-17-31(46-29)32(43)39-22-25-12-14-26(15-13-25)23-40-33(41-34(44)47-36(2,3)4)42-35(45)48-37(5,6)7/h16-17,19-20,25-26H,10-15,18,21-23H2,1-9H3,(H,39,43)(H2,40,41,42,44,45). The Kier molecular flexibility index (Phi) is 11.7. The molecule has 1 aromatic carbocycles. The molecule has 2 aromatic rings. The van der Waals surface area contributed by atoms with Crippen LogP contribution in [0.15, 0.2) is 33.7 Å². The van der Waals surface area contributed by atoms with E-state index in [1.54, 1.807) is 47.6 Å². The number of nitrogens with one attached hydrogen (secondary N) is 3. The average Bonchev–Trinajstić information content (AvgIpc) is 3.42. The highest BCUT2D eigenvalue weighted by Gasteiger charge is 2.28. The van der Waals surface area contributed by atoms with Gasteiger partial charge in [-0.05, 0) is 145 Å². The van der Waals surface area contributed by atoms with Gasteiger partial charge in [-0.1, -0.05) is 26.0 Å². The quantitative estimate of drug-likeness (QED) is 0.205. The Balaban J connectivity index is 1.25. The van der Waals surface area contributed by atoms with Crippen molar-refractivity contribution in [2.45, 2.75) is 130 Å². The van der Waals surface area contributed by atoms with Crippen molar-refractivity contribution in [2.24, 2.45) is 16.8 Å². The second-order valence-corrected chi connectivity index (χ2v) is 16.2. The summed E-state index contributed by atoms with van der Waals surface area (Å²) in [5.41, 5.74) is 4.23. The predicted molar refractivity (Wildman–Crippen MR) is 187 cm³/mol. The van der Waals surface area contributed by atoms with E-state index in [1.165, 1.54) is 35.1 Å².